The van der Waals surface area contributed by atoms with Crippen LogP contribution in [0.5, 0.6) is 0 Å². The molecule has 0 fully saturated rings. The van der Waals surface area contributed by atoms with Gasteiger partial charge in [0.2, 0.25) is 0 Å². The number of benzene rings is 3. The largest absolute Gasteiger partial charge is 0.291 e. The Balaban J connectivity index is 1.04. The molecule has 0 saturated carbocycles. The van der Waals surface area contributed by atoms with Gasteiger partial charge in [0.15, 0.2) is 0 Å². The van der Waals surface area contributed by atoms with Gasteiger partial charge in [-0.25, -0.2) is 0 Å². The standard InChI is InChI=1S/C60H60N10/c1-4-22-52(40-68(43-55-25-7-13-31-61-55)44-56-26-8-14-32-62-56)49(19-1)37-67(38-50-20-2-5-23-53(50)41-69(45-57-27-9-15-33-63-57)46-58-28-10-16-34-64-58)39-51-21-3-6-24-54(51)42-70(47-59-29-11-17-35-65-59)48-60-30-12-18-36-66-60/h1-36H,37-48H2. The maximum Gasteiger partial charge on any atom is 0.0544 e. The minimum absolute atomic E-state index is 0.706. The average Bonchev–Trinajstić information content (AvgIpc) is 3.40. The van der Waals surface area contributed by atoms with Crippen LogP contribution in [0.1, 0.15) is 67.5 Å². The number of rotatable bonds is 24. The van der Waals surface area contributed by atoms with Gasteiger partial charge in [-0.3, -0.25) is 49.5 Å². The summed E-state index contributed by atoms with van der Waals surface area (Å²) in [6.45, 7) is 8.71. The zero-order chi connectivity index (χ0) is 47.4. The topological polar surface area (TPSA) is 90.3 Å². The van der Waals surface area contributed by atoms with Gasteiger partial charge >= 0.3 is 0 Å². The van der Waals surface area contributed by atoms with Crippen LogP contribution in [0.4, 0.5) is 0 Å². The smallest absolute Gasteiger partial charge is 0.0544 e. The summed E-state index contributed by atoms with van der Waals surface area (Å²) in [4.78, 5) is 38.3. The molecular formula is C60H60N10. The molecule has 0 atom stereocenters. The van der Waals surface area contributed by atoms with Gasteiger partial charge in [-0.15, -0.1) is 0 Å². The molecule has 0 N–H and O–H groups in total. The van der Waals surface area contributed by atoms with Crippen LogP contribution in [-0.2, 0) is 78.5 Å². The van der Waals surface area contributed by atoms with E-state index in [0.717, 1.165) is 73.4 Å². The van der Waals surface area contributed by atoms with Gasteiger partial charge in [0.25, 0.3) is 0 Å². The number of hydrogen-bond donors (Lipinski definition) is 0. The summed E-state index contributed by atoms with van der Waals surface area (Å²) in [5.74, 6) is 0. The second kappa shape index (κ2) is 25.1. The zero-order valence-electron chi connectivity index (χ0n) is 39.7. The number of hydrogen-bond acceptors (Lipinski definition) is 10. The van der Waals surface area contributed by atoms with E-state index in [2.05, 4.69) is 165 Å². The maximum atomic E-state index is 4.73. The SMILES string of the molecule is c1ccc(CN(Cc2ccccn2)Cc2ccccc2CN(Cc2ccccc2CN(Cc2ccccn2)Cc2ccccn2)Cc2ccccc2CN(Cc2ccccn2)Cc2ccccn2)nc1. The summed E-state index contributed by atoms with van der Waals surface area (Å²) in [6.07, 6.45) is 11.3. The van der Waals surface area contributed by atoms with E-state index in [9.17, 15) is 0 Å². The van der Waals surface area contributed by atoms with Crippen LogP contribution in [0.2, 0.25) is 0 Å². The molecule has 0 aliphatic heterocycles. The van der Waals surface area contributed by atoms with Crippen molar-refractivity contribution in [1.82, 2.24) is 49.5 Å². The quantitative estimate of drug-likeness (QED) is 0.0584. The number of nitrogens with zero attached hydrogens (tertiary/aromatic N) is 10. The lowest BCUT2D eigenvalue weighted by atomic mass is 10.0. The maximum absolute atomic E-state index is 4.73. The van der Waals surface area contributed by atoms with E-state index in [4.69, 9.17) is 29.9 Å². The Hall–Kier alpha value is -7.60. The van der Waals surface area contributed by atoms with Crippen molar-refractivity contribution in [2.45, 2.75) is 78.5 Å². The van der Waals surface area contributed by atoms with Gasteiger partial charge in [0, 0.05) is 116 Å². The van der Waals surface area contributed by atoms with Crippen molar-refractivity contribution in [3.05, 3.63) is 287 Å². The van der Waals surface area contributed by atoms with Crippen molar-refractivity contribution in [3.63, 3.8) is 0 Å². The fraction of sp³-hybridized carbons (Fsp3) is 0.200. The third-order valence-electron chi connectivity index (χ3n) is 12.4. The monoisotopic (exact) mass is 921 g/mol. The summed E-state index contributed by atoms with van der Waals surface area (Å²) in [5, 5.41) is 0. The van der Waals surface area contributed by atoms with Gasteiger partial charge in [-0.1, -0.05) is 109 Å². The Morgan fingerprint density at radius 3 is 0.500 bits per heavy atom. The van der Waals surface area contributed by atoms with Gasteiger partial charge in [-0.2, -0.15) is 0 Å². The minimum atomic E-state index is 0.706. The average molecular weight is 921 g/mol. The van der Waals surface area contributed by atoms with Crippen molar-refractivity contribution >= 4 is 0 Å². The summed E-state index contributed by atoms with van der Waals surface area (Å²) in [7, 11) is 0. The fourth-order valence-corrected chi connectivity index (χ4v) is 9.04. The Bertz CT molecular complexity index is 2470. The Labute approximate surface area is 413 Å². The second-order valence-corrected chi connectivity index (χ2v) is 17.8. The summed E-state index contributed by atoms with van der Waals surface area (Å²) in [5.41, 5.74) is 13.9. The molecule has 6 aromatic heterocycles. The zero-order valence-corrected chi connectivity index (χ0v) is 39.7. The molecule has 0 unspecified atom stereocenters. The molecule has 0 aliphatic rings. The van der Waals surface area contributed by atoms with E-state index in [-0.39, 0.29) is 0 Å². The molecule has 9 aromatic rings. The Morgan fingerprint density at radius 1 is 0.186 bits per heavy atom. The third-order valence-corrected chi connectivity index (χ3v) is 12.4. The van der Waals surface area contributed by atoms with Gasteiger partial charge in [0.05, 0.1) is 34.2 Å². The molecule has 0 spiro atoms. The van der Waals surface area contributed by atoms with Crippen LogP contribution in [0.3, 0.4) is 0 Å². The molecule has 0 bridgehead atoms. The van der Waals surface area contributed by atoms with Crippen LogP contribution in [0, 0.1) is 0 Å². The van der Waals surface area contributed by atoms with Gasteiger partial charge < -0.3 is 0 Å². The number of aromatic nitrogens is 6. The second-order valence-electron chi connectivity index (χ2n) is 17.8. The van der Waals surface area contributed by atoms with Crippen molar-refractivity contribution in [1.29, 1.82) is 0 Å². The molecule has 9 rings (SSSR count). The first-order chi connectivity index (χ1) is 34.6. The third kappa shape index (κ3) is 14.5. The molecule has 0 radical (unpaired) electrons. The molecule has 0 amide bonds. The molecule has 3 aromatic carbocycles. The molecular weight excluding hydrogens is 861 g/mol. The van der Waals surface area contributed by atoms with E-state index in [1.807, 2.05) is 73.6 Å². The lowest BCUT2D eigenvalue weighted by Gasteiger charge is -2.29. The first-order valence-electron chi connectivity index (χ1n) is 24.1. The van der Waals surface area contributed by atoms with Gasteiger partial charge in [0.1, 0.15) is 0 Å². The van der Waals surface area contributed by atoms with Crippen molar-refractivity contribution in [2.24, 2.45) is 0 Å². The molecule has 10 nitrogen and oxygen atoms in total. The first kappa shape index (κ1) is 47.5. The highest BCUT2D eigenvalue weighted by Gasteiger charge is 2.20. The van der Waals surface area contributed by atoms with E-state index < -0.39 is 0 Å². The highest BCUT2D eigenvalue weighted by atomic mass is 15.2. The van der Waals surface area contributed by atoms with E-state index in [1.165, 1.54) is 33.4 Å². The van der Waals surface area contributed by atoms with Crippen molar-refractivity contribution < 1.29 is 0 Å². The summed E-state index contributed by atoms with van der Waals surface area (Å²) < 4.78 is 0. The molecule has 10 heteroatoms. The van der Waals surface area contributed by atoms with Gasteiger partial charge in [-0.05, 0) is 106 Å². The molecule has 350 valence electrons. The van der Waals surface area contributed by atoms with Crippen LogP contribution in [0.15, 0.2) is 219 Å². The highest BCUT2D eigenvalue weighted by molar-refractivity contribution is 5.32. The molecule has 70 heavy (non-hydrogen) atoms. The van der Waals surface area contributed by atoms with E-state index in [1.54, 1.807) is 0 Å². The lowest BCUT2D eigenvalue weighted by molar-refractivity contribution is 0.221. The normalized spacial score (nSPS) is 11.5. The summed E-state index contributed by atoms with van der Waals surface area (Å²) in [6, 6.07) is 63.7. The predicted octanol–water partition coefficient (Wildman–Crippen LogP) is 10.9. The van der Waals surface area contributed by atoms with Crippen LogP contribution in [-0.4, -0.2) is 49.5 Å². The fourth-order valence-electron chi connectivity index (χ4n) is 9.04. The van der Waals surface area contributed by atoms with Crippen LogP contribution in [0.25, 0.3) is 0 Å². The van der Waals surface area contributed by atoms with Crippen molar-refractivity contribution in [3.8, 4) is 0 Å². The van der Waals surface area contributed by atoms with Crippen molar-refractivity contribution in [2.75, 3.05) is 0 Å². The lowest BCUT2D eigenvalue weighted by Crippen LogP contribution is -2.28. The van der Waals surface area contributed by atoms with E-state index in [0.29, 0.717) is 39.3 Å². The highest BCUT2D eigenvalue weighted by Crippen LogP contribution is 2.25. The number of pyridine rings is 6. The van der Waals surface area contributed by atoms with E-state index >= 15 is 0 Å². The summed E-state index contributed by atoms with van der Waals surface area (Å²) >= 11 is 0. The molecule has 0 aliphatic carbocycles. The first-order valence-corrected chi connectivity index (χ1v) is 24.1. The predicted molar refractivity (Wildman–Crippen MR) is 277 cm³/mol. The molecule has 0 saturated heterocycles. The Kier molecular flexibility index (Phi) is 17.0. The molecule has 6 heterocycles. The Morgan fingerprint density at radius 2 is 0.343 bits per heavy atom. The minimum Gasteiger partial charge on any atom is -0.291 e. The van der Waals surface area contributed by atoms with Crippen LogP contribution >= 0.6 is 0 Å². The van der Waals surface area contributed by atoms with Crippen LogP contribution < -0.4 is 0 Å².